The lowest BCUT2D eigenvalue weighted by Gasteiger charge is -2.10. The predicted octanol–water partition coefficient (Wildman–Crippen LogP) is 11.5. The van der Waals surface area contributed by atoms with E-state index in [0.717, 1.165) is 0 Å². The molecule has 0 saturated carbocycles. The molecular formula is C44H34N2. The van der Waals surface area contributed by atoms with Gasteiger partial charge in [-0.2, -0.15) is 0 Å². The van der Waals surface area contributed by atoms with Gasteiger partial charge in [-0.1, -0.05) is 121 Å². The van der Waals surface area contributed by atoms with Crippen LogP contribution in [0.5, 0.6) is 0 Å². The molecule has 46 heavy (non-hydrogen) atoms. The molecule has 8 aromatic rings. The molecule has 0 amide bonds. The van der Waals surface area contributed by atoms with E-state index >= 15 is 0 Å². The van der Waals surface area contributed by atoms with Crippen LogP contribution in [0.4, 0.5) is 0 Å². The molecule has 0 N–H and O–H groups in total. The molecule has 220 valence electrons. The van der Waals surface area contributed by atoms with Crippen molar-refractivity contribution in [3.8, 4) is 45.0 Å². The van der Waals surface area contributed by atoms with Crippen LogP contribution < -0.4 is 0 Å². The molecule has 0 fully saturated rings. The van der Waals surface area contributed by atoms with E-state index < -0.39 is 0 Å². The first kappa shape index (κ1) is 27.7. The highest BCUT2D eigenvalue weighted by atomic mass is 15.0. The third kappa shape index (κ3) is 5.14. The molecule has 0 radical (unpaired) electrons. The Balaban J connectivity index is 1.02. The summed E-state index contributed by atoms with van der Waals surface area (Å²) in [5, 5.41) is 4.97. The molecule has 0 unspecified atom stereocenters. The summed E-state index contributed by atoms with van der Waals surface area (Å²) in [4.78, 5) is 0. The molecule has 6 aromatic carbocycles. The van der Waals surface area contributed by atoms with Crippen LogP contribution in [0.1, 0.15) is 11.1 Å². The Labute approximate surface area is 270 Å². The molecule has 0 bridgehead atoms. The van der Waals surface area contributed by atoms with E-state index in [2.05, 4.69) is 193 Å². The quantitative estimate of drug-likeness (QED) is 0.171. The molecule has 2 heteroatoms. The molecular weight excluding hydrogens is 556 g/mol. The number of benzene rings is 6. The normalized spacial score (nSPS) is 11.6. The summed E-state index contributed by atoms with van der Waals surface area (Å²) in [7, 11) is 4.29. The van der Waals surface area contributed by atoms with Gasteiger partial charge in [0.05, 0.1) is 0 Å². The predicted molar refractivity (Wildman–Crippen MR) is 197 cm³/mol. The lowest BCUT2D eigenvalue weighted by molar-refractivity contribution is 0.946. The molecule has 0 aliphatic rings. The van der Waals surface area contributed by atoms with Crippen LogP contribution >= 0.6 is 0 Å². The molecule has 8 rings (SSSR count). The standard InChI is InChI=1S/C44H34N2/c1-45-41(33-9-5-3-6-10-33)23-25-43(45)39-21-19-35-27-31(15-17-37(35)29-39)13-14-32-16-18-38-30-40(22-20-36(38)28-32)44-26-24-42(46(44)2)34-11-7-4-8-12-34/h3-30H,1-2H3. The molecule has 2 heterocycles. The third-order valence-electron chi connectivity index (χ3n) is 9.17. The van der Waals surface area contributed by atoms with Crippen molar-refractivity contribution in [1.82, 2.24) is 9.13 Å². The van der Waals surface area contributed by atoms with E-state index in [1.165, 1.54) is 77.7 Å². The third-order valence-corrected chi connectivity index (χ3v) is 9.17. The van der Waals surface area contributed by atoms with E-state index in [0.29, 0.717) is 0 Å². The van der Waals surface area contributed by atoms with Gasteiger partial charge in [-0.05, 0) is 103 Å². The Kier molecular flexibility index (Phi) is 6.96. The summed E-state index contributed by atoms with van der Waals surface area (Å²) in [6.07, 6.45) is 4.42. The minimum atomic E-state index is 1.19. The average Bonchev–Trinajstić information content (AvgIpc) is 3.69. The second kappa shape index (κ2) is 11.6. The number of hydrogen-bond acceptors (Lipinski definition) is 0. The Morgan fingerprint density at radius 2 is 0.674 bits per heavy atom. The largest absolute Gasteiger partial charge is 0.344 e. The molecule has 2 nitrogen and oxygen atoms in total. The zero-order valence-corrected chi connectivity index (χ0v) is 26.1. The number of hydrogen-bond donors (Lipinski definition) is 0. The Morgan fingerprint density at radius 3 is 1.09 bits per heavy atom. The van der Waals surface area contributed by atoms with E-state index in [1.54, 1.807) is 0 Å². The van der Waals surface area contributed by atoms with Crippen LogP contribution in [0.15, 0.2) is 158 Å². The van der Waals surface area contributed by atoms with Crippen LogP contribution in [0.2, 0.25) is 0 Å². The van der Waals surface area contributed by atoms with Gasteiger partial charge in [-0.3, -0.25) is 0 Å². The summed E-state index contributed by atoms with van der Waals surface area (Å²) in [5.74, 6) is 0. The van der Waals surface area contributed by atoms with Crippen molar-refractivity contribution in [2.24, 2.45) is 14.1 Å². The van der Waals surface area contributed by atoms with Crippen molar-refractivity contribution < 1.29 is 0 Å². The van der Waals surface area contributed by atoms with Gasteiger partial charge in [-0.15, -0.1) is 0 Å². The number of rotatable bonds is 6. The highest BCUT2D eigenvalue weighted by Gasteiger charge is 2.11. The highest BCUT2D eigenvalue weighted by molar-refractivity contribution is 5.92. The van der Waals surface area contributed by atoms with Crippen molar-refractivity contribution in [1.29, 1.82) is 0 Å². The maximum absolute atomic E-state index is 2.29. The van der Waals surface area contributed by atoms with Gasteiger partial charge < -0.3 is 9.13 Å². The molecule has 0 atom stereocenters. The Hall–Kier alpha value is -5.86. The van der Waals surface area contributed by atoms with Crippen LogP contribution in [-0.2, 0) is 14.1 Å². The van der Waals surface area contributed by atoms with Gasteiger partial charge in [0.15, 0.2) is 0 Å². The van der Waals surface area contributed by atoms with Crippen LogP contribution in [0.3, 0.4) is 0 Å². The second-order valence-electron chi connectivity index (χ2n) is 12.0. The molecule has 2 aromatic heterocycles. The summed E-state index contributed by atoms with van der Waals surface area (Å²) >= 11 is 0. The Bertz CT molecular complexity index is 2200. The Morgan fingerprint density at radius 1 is 0.326 bits per heavy atom. The first-order valence-corrected chi connectivity index (χ1v) is 15.8. The first-order valence-electron chi connectivity index (χ1n) is 15.8. The van der Waals surface area contributed by atoms with E-state index in [4.69, 9.17) is 0 Å². The molecule has 0 saturated heterocycles. The molecule has 0 spiro atoms. The van der Waals surface area contributed by atoms with E-state index in [-0.39, 0.29) is 0 Å². The number of fused-ring (bicyclic) bond motifs is 2. The van der Waals surface area contributed by atoms with Crippen molar-refractivity contribution in [3.63, 3.8) is 0 Å². The van der Waals surface area contributed by atoms with Crippen LogP contribution in [0, 0.1) is 0 Å². The number of nitrogens with zero attached hydrogens (tertiary/aromatic N) is 2. The van der Waals surface area contributed by atoms with Crippen molar-refractivity contribution in [3.05, 3.63) is 169 Å². The van der Waals surface area contributed by atoms with E-state index in [1.807, 2.05) is 0 Å². The van der Waals surface area contributed by atoms with Crippen LogP contribution in [0.25, 0.3) is 78.7 Å². The minimum absolute atomic E-state index is 1.19. The summed E-state index contributed by atoms with van der Waals surface area (Å²) < 4.78 is 4.56. The SMILES string of the molecule is Cn1c(-c2ccccc2)ccc1-c1ccc2cc(C=Cc3ccc4cc(-c5ccc(-c6ccccc6)n5C)ccc4c3)ccc2c1. The number of aromatic nitrogens is 2. The van der Waals surface area contributed by atoms with Crippen molar-refractivity contribution in [2.75, 3.05) is 0 Å². The van der Waals surface area contributed by atoms with E-state index in [9.17, 15) is 0 Å². The van der Waals surface area contributed by atoms with Gasteiger partial charge in [0.2, 0.25) is 0 Å². The maximum atomic E-state index is 2.29. The van der Waals surface area contributed by atoms with Gasteiger partial charge >= 0.3 is 0 Å². The fourth-order valence-electron chi connectivity index (χ4n) is 6.65. The van der Waals surface area contributed by atoms with Crippen molar-refractivity contribution in [2.45, 2.75) is 0 Å². The summed E-state index contributed by atoms with van der Waals surface area (Å²) in [6.45, 7) is 0. The smallest absolute Gasteiger partial charge is 0.0482 e. The van der Waals surface area contributed by atoms with Gasteiger partial charge in [0.25, 0.3) is 0 Å². The first-order chi connectivity index (χ1) is 22.6. The molecule has 0 aliphatic heterocycles. The highest BCUT2D eigenvalue weighted by Crippen LogP contribution is 2.32. The van der Waals surface area contributed by atoms with Crippen molar-refractivity contribution >= 4 is 33.7 Å². The van der Waals surface area contributed by atoms with Gasteiger partial charge in [-0.25, -0.2) is 0 Å². The molecule has 0 aliphatic carbocycles. The van der Waals surface area contributed by atoms with Gasteiger partial charge in [0.1, 0.15) is 0 Å². The lowest BCUT2D eigenvalue weighted by Crippen LogP contribution is -1.94. The fraction of sp³-hybridized carbons (Fsp3) is 0.0455. The zero-order chi connectivity index (χ0) is 31.0. The zero-order valence-electron chi connectivity index (χ0n) is 26.1. The fourth-order valence-corrected chi connectivity index (χ4v) is 6.65. The topological polar surface area (TPSA) is 9.86 Å². The van der Waals surface area contributed by atoms with Crippen LogP contribution in [-0.4, -0.2) is 9.13 Å². The van der Waals surface area contributed by atoms with Gasteiger partial charge in [0, 0.05) is 36.9 Å². The average molecular weight is 591 g/mol. The maximum Gasteiger partial charge on any atom is 0.0482 e. The summed E-state index contributed by atoms with van der Waals surface area (Å²) in [5.41, 5.74) is 12.2. The monoisotopic (exact) mass is 590 g/mol. The summed E-state index contributed by atoms with van der Waals surface area (Å²) in [6, 6.07) is 56.9. The minimum Gasteiger partial charge on any atom is -0.344 e. The second-order valence-corrected chi connectivity index (χ2v) is 12.0. The lowest BCUT2D eigenvalue weighted by atomic mass is 10.0.